The summed E-state index contributed by atoms with van der Waals surface area (Å²) in [5, 5.41) is 4.88. The van der Waals surface area contributed by atoms with Gasteiger partial charge in [0.05, 0.1) is 11.4 Å². The standard InChI is InChI=1S/C22H21N2O3PS/c23-18-11-10-17(20-5-2-12-29-20)13-19(18)24-22(25)16-8-6-15(7-9-16)21(28(26)27)14-3-1-4-14/h2,5-14,21H,1,3-4,23H2,(H-,24,25,26,27)/p+1. The molecule has 4 N–H and O–H groups in total. The molecule has 3 aromatic rings. The number of amides is 1. The van der Waals surface area contributed by atoms with E-state index < -0.39 is 8.03 Å². The van der Waals surface area contributed by atoms with Crippen molar-refractivity contribution in [1.29, 1.82) is 0 Å². The van der Waals surface area contributed by atoms with E-state index in [4.69, 9.17) is 5.73 Å². The van der Waals surface area contributed by atoms with Crippen molar-refractivity contribution in [2.45, 2.75) is 24.9 Å². The summed E-state index contributed by atoms with van der Waals surface area (Å²) in [6.45, 7) is 0. The Morgan fingerprint density at radius 3 is 2.52 bits per heavy atom. The normalized spacial score (nSPS) is 15.4. The average molecular weight is 425 g/mol. The minimum absolute atomic E-state index is 0.253. The van der Waals surface area contributed by atoms with Crippen LogP contribution in [0.4, 0.5) is 11.4 Å². The smallest absolute Gasteiger partial charge is 0.397 e. The van der Waals surface area contributed by atoms with E-state index in [1.807, 2.05) is 29.6 Å². The van der Waals surface area contributed by atoms with Crippen LogP contribution >= 0.6 is 19.4 Å². The van der Waals surface area contributed by atoms with Gasteiger partial charge in [-0.25, -0.2) is 0 Å². The number of hydrogen-bond acceptors (Lipinski definition) is 4. The van der Waals surface area contributed by atoms with E-state index >= 15 is 0 Å². The highest BCUT2D eigenvalue weighted by molar-refractivity contribution is 7.38. The van der Waals surface area contributed by atoms with Crippen LogP contribution in [0.25, 0.3) is 10.4 Å². The fraction of sp³-hybridized carbons (Fsp3) is 0.227. The van der Waals surface area contributed by atoms with Gasteiger partial charge in [-0.1, -0.05) is 30.7 Å². The van der Waals surface area contributed by atoms with Crippen molar-refractivity contribution in [2.24, 2.45) is 5.92 Å². The van der Waals surface area contributed by atoms with E-state index in [0.717, 1.165) is 35.3 Å². The Hall–Kier alpha value is -2.53. The summed E-state index contributed by atoms with van der Waals surface area (Å²) in [6, 6.07) is 16.6. The highest BCUT2D eigenvalue weighted by Crippen LogP contribution is 2.50. The number of rotatable bonds is 6. The second-order valence-corrected chi connectivity index (χ2v) is 9.40. The maximum absolute atomic E-state index is 12.7. The van der Waals surface area contributed by atoms with Gasteiger partial charge < -0.3 is 11.1 Å². The Kier molecular flexibility index (Phi) is 5.76. The minimum atomic E-state index is -2.29. The van der Waals surface area contributed by atoms with Crippen LogP contribution in [0.3, 0.4) is 0 Å². The molecule has 2 unspecified atom stereocenters. The summed E-state index contributed by atoms with van der Waals surface area (Å²) >= 11 is 1.62. The van der Waals surface area contributed by atoms with Gasteiger partial charge in [0.2, 0.25) is 5.66 Å². The fourth-order valence-corrected chi connectivity index (χ4v) is 5.43. The van der Waals surface area contributed by atoms with E-state index in [-0.39, 0.29) is 17.5 Å². The van der Waals surface area contributed by atoms with Gasteiger partial charge in [-0.2, -0.15) is 4.89 Å². The molecule has 7 heteroatoms. The lowest BCUT2D eigenvalue weighted by molar-refractivity contribution is 0.102. The number of hydrogen-bond donors (Lipinski definition) is 3. The zero-order valence-electron chi connectivity index (χ0n) is 15.7. The number of thiophene rings is 1. The van der Waals surface area contributed by atoms with Gasteiger partial charge in [-0.05, 0) is 58.7 Å². The van der Waals surface area contributed by atoms with Crippen molar-refractivity contribution in [2.75, 3.05) is 11.1 Å². The molecule has 1 saturated carbocycles. The maximum atomic E-state index is 12.7. The highest BCUT2D eigenvalue weighted by Gasteiger charge is 2.41. The third kappa shape index (κ3) is 4.25. The molecule has 0 radical (unpaired) electrons. The Bertz CT molecular complexity index is 1030. The van der Waals surface area contributed by atoms with Crippen LogP contribution in [0.1, 0.15) is 40.8 Å². The number of nitrogens with one attached hydrogen (secondary N) is 1. The van der Waals surface area contributed by atoms with Crippen LogP contribution in [-0.2, 0) is 4.57 Å². The van der Waals surface area contributed by atoms with E-state index in [1.165, 1.54) is 0 Å². The van der Waals surface area contributed by atoms with Crippen LogP contribution < -0.4 is 11.1 Å². The average Bonchev–Trinajstić information content (AvgIpc) is 3.21. The molecule has 0 aliphatic heterocycles. The first-order valence-corrected chi connectivity index (χ1v) is 11.7. The van der Waals surface area contributed by atoms with Crippen LogP contribution in [0.5, 0.6) is 0 Å². The molecule has 1 aliphatic rings. The van der Waals surface area contributed by atoms with Crippen LogP contribution in [0.15, 0.2) is 60.0 Å². The summed E-state index contributed by atoms with van der Waals surface area (Å²) in [6.07, 6.45) is 3.07. The van der Waals surface area contributed by atoms with Crippen LogP contribution in [-0.4, -0.2) is 10.8 Å². The second kappa shape index (κ2) is 8.46. The summed E-state index contributed by atoms with van der Waals surface area (Å²) < 4.78 is 11.8. The van der Waals surface area contributed by atoms with Gasteiger partial charge in [0.25, 0.3) is 5.91 Å². The molecule has 1 aromatic heterocycles. The topological polar surface area (TPSA) is 92.4 Å². The molecule has 0 saturated heterocycles. The maximum Gasteiger partial charge on any atom is 0.513 e. The van der Waals surface area contributed by atoms with Crippen LogP contribution in [0.2, 0.25) is 0 Å². The monoisotopic (exact) mass is 425 g/mol. The van der Waals surface area contributed by atoms with Gasteiger partial charge in [-0.15, -0.1) is 11.3 Å². The van der Waals surface area contributed by atoms with Crippen molar-refractivity contribution in [3.63, 3.8) is 0 Å². The summed E-state index contributed by atoms with van der Waals surface area (Å²) in [5.41, 5.74) is 9.05. The highest BCUT2D eigenvalue weighted by atomic mass is 32.1. The lowest BCUT2D eigenvalue weighted by atomic mass is 9.80. The SMILES string of the molecule is Nc1ccc(-c2cccs2)cc1NC(=O)c1ccc(C(C2CCC2)[P+](=O)O)cc1. The van der Waals surface area contributed by atoms with Crippen molar-refractivity contribution in [3.05, 3.63) is 71.1 Å². The lowest BCUT2D eigenvalue weighted by Gasteiger charge is -2.26. The van der Waals surface area contributed by atoms with Crippen LogP contribution in [0, 0.1) is 5.92 Å². The van der Waals surface area contributed by atoms with Gasteiger partial charge in [0.15, 0.2) is 0 Å². The largest absolute Gasteiger partial charge is 0.513 e. The zero-order valence-corrected chi connectivity index (χ0v) is 17.5. The molecule has 148 valence electrons. The third-order valence-electron chi connectivity index (χ3n) is 5.46. The number of nitrogen functional groups attached to an aromatic ring is 1. The predicted octanol–water partition coefficient (Wildman–Crippen LogP) is 5.83. The fourth-order valence-electron chi connectivity index (χ4n) is 3.62. The van der Waals surface area contributed by atoms with E-state index in [2.05, 4.69) is 5.32 Å². The summed E-state index contributed by atoms with van der Waals surface area (Å²) in [7, 11) is -2.29. The number of anilines is 2. The Morgan fingerprint density at radius 1 is 1.17 bits per heavy atom. The van der Waals surface area contributed by atoms with Gasteiger partial charge in [0.1, 0.15) is 0 Å². The molecular formula is C22H22N2O3PS+. The summed E-state index contributed by atoms with van der Waals surface area (Å²) in [4.78, 5) is 23.5. The molecule has 2 atom stereocenters. The van der Waals surface area contributed by atoms with Crippen molar-refractivity contribution in [3.8, 4) is 10.4 Å². The second-order valence-electron chi connectivity index (χ2n) is 7.29. The molecule has 0 spiro atoms. The number of benzene rings is 2. The van der Waals surface area contributed by atoms with Gasteiger partial charge in [0, 0.05) is 21.9 Å². The Balaban J connectivity index is 1.52. The molecular weight excluding hydrogens is 403 g/mol. The van der Waals surface area contributed by atoms with Crippen molar-refractivity contribution >= 4 is 36.6 Å². The first kappa shape index (κ1) is 19.8. The quantitative estimate of drug-likeness (QED) is 0.342. The molecule has 2 aromatic carbocycles. The number of nitrogens with two attached hydrogens (primary N) is 1. The van der Waals surface area contributed by atoms with E-state index in [9.17, 15) is 14.3 Å². The van der Waals surface area contributed by atoms with Crippen molar-refractivity contribution in [1.82, 2.24) is 0 Å². The lowest BCUT2D eigenvalue weighted by Crippen LogP contribution is -2.18. The van der Waals surface area contributed by atoms with E-state index in [0.29, 0.717) is 16.9 Å². The zero-order chi connectivity index (χ0) is 20.4. The molecule has 4 rings (SSSR count). The van der Waals surface area contributed by atoms with Crippen molar-refractivity contribution < 1.29 is 14.3 Å². The predicted molar refractivity (Wildman–Crippen MR) is 118 cm³/mol. The minimum Gasteiger partial charge on any atom is -0.397 e. The molecule has 1 aliphatic carbocycles. The summed E-state index contributed by atoms with van der Waals surface area (Å²) in [5.74, 6) is -0.0109. The first-order chi connectivity index (χ1) is 14.0. The molecule has 5 nitrogen and oxygen atoms in total. The molecule has 1 amide bonds. The number of carbonyl (C=O) groups is 1. The number of carbonyl (C=O) groups excluding carboxylic acids is 1. The Morgan fingerprint density at radius 2 is 1.93 bits per heavy atom. The molecule has 1 fully saturated rings. The first-order valence-electron chi connectivity index (χ1n) is 9.53. The molecule has 1 heterocycles. The van der Waals surface area contributed by atoms with E-state index in [1.54, 1.807) is 41.7 Å². The van der Waals surface area contributed by atoms with Gasteiger partial charge >= 0.3 is 8.03 Å². The Labute approximate surface area is 174 Å². The third-order valence-corrected chi connectivity index (χ3v) is 7.57. The van der Waals surface area contributed by atoms with Gasteiger partial charge in [-0.3, -0.25) is 4.79 Å². The molecule has 0 bridgehead atoms. The molecule has 29 heavy (non-hydrogen) atoms.